The van der Waals surface area contributed by atoms with Crippen molar-refractivity contribution in [2.45, 2.75) is 58.1 Å². The topological polar surface area (TPSA) is 21.3 Å². The Morgan fingerprint density at radius 2 is 2.07 bits per heavy atom. The first-order chi connectivity index (χ1) is 7.26. The van der Waals surface area contributed by atoms with Crippen LogP contribution in [0.4, 0.5) is 0 Å². The van der Waals surface area contributed by atoms with Crippen molar-refractivity contribution in [3.63, 3.8) is 0 Å². The van der Waals surface area contributed by atoms with Crippen molar-refractivity contribution >= 4 is 0 Å². The Morgan fingerprint density at radius 3 is 2.60 bits per heavy atom. The standard InChI is InChI=1S/C13H27NO/c1-5-7-8-9-10-11-13(14-6-2)12(3)15-4/h5,12-14H,1,6-11H2,2-4H3. The smallest absolute Gasteiger partial charge is 0.0696 e. The van der Waals surface area contributed by atoms with Crippen molar-refractivity contribution in [3.05, 3.63) is 12.7 Å². The summed E-state index contributed by atoms with van der Waals surface area (Å²) in [5, 5.41) is 3.48. The molecule has 0 aromatic heterocycles. The molecule has 0 bridgehead atoms. The SMILES string of the molecule is C=CCCCCCC(NCC)C(C)OC. The zero-order chi connectivity index (χ0) is 11.5. The van der Waals surface area contributed by atoms with Gasteiger partial charge in [-0.2, -0.15) is 0 Å². The van der Waals surface area contributed by atoms with Crippen molar-refractivity contribution < 1.29 is 4.74 Å². The fraction of sp³-hybridized carbons (Fsp3) is 0.846. The molecule has 0 spiro atoms. The first-order valence-electron chi connectivity index (χ1n) is 6.13. The predicted octanol–water partition coefficient (Wildman–Crippen LogP) is 3.14. The second kappa shape index (κ2) is 10.2. The molecule has 0 rings (SSSR count). The summed E-state index contributed by atoms with van der Waals surface area (Å²) in [5.41, 5.74) is 0. The maximum absolute atomic E-state index is 5.36. The summed E-state index contributed by atoms with van der Waals surface area (Å²) in [6, 6.07) is 0.503. The first-order valence-corrected chi connectivity index (χ1v) is 6.13. The number of ether oxygens (including phenoxy) is 1. The first kappa shape index (κ1) is 14.7. The van der Waals surface area contributed by atoms with Gasteiger partial charge in [0.1, 0.15) is 0 Å². The number of rotatable bonds is 10. The molecule has 2 heteroatoms. The molecule has 0 amide bonds. The lowest BCUT2D eigenvalue weighted by Crippen LogP contribution is -2.39. The third-order valence-corrected chi connectivity index (χ3v) is 2.83. The highest BCUT2D eigenvalue weighted by Gasteiger charge is 2.14. The number of hydrogen-bond acceptors (Lipinski definition) is 2. The van der Waals surface area contributed by atoms with Crippen molar-refractivity contribution in [1.29, 1.82) is 0 Å². The summed E-state index contributed by atoms with van der Waals surface area (Å²) in [6.07, 6.45) is 8.50. The van der Waals surface area contributed by atoms with Gasteiger partial charge in [-0.3, -0.25) is 0 Å². The van der Waals surface area contributed by atoms with E-state index in [-0.39, 0.29) is 0 Å². The van der Waals surface area contributed by atoms with Gasteiger partial charge in [0.15, 0.2) is 0 Å². The molecular weight excluding hydrogens is 186 g/mol. The van der Waals surface area contributed by atoms with Gasteiger partial charge < -0.3 is 10.1 Å². The molecule has 1 N–H and O–H groups in total. The number of allylic oxidation sites excluding steroid dienone is 1. The largest absolute Gasteiger partial charge is 0.380 e. The van der Waals surface area contributed by atoms with Crippen molar-refractivity contribution in [1.82, 2.24) is 5.32 Å². The molecule has 0 aliphatic heterocycles. The normalized spacial score (nSPS) is 14.9. The number of unbranched alkanes of at least 4 members (excludes halogenated alkanes) is 3. The van der Waals surface area contributed by atoms with Crippen LogP contribution in [0.15, 0.2) is 12.7 Å². The summed E-state index contributed by atoms with van der Waals surface area (Å²) >= 11 is 0. The van der Waals surface area contributed by atoms with Crippen LogP contribution in [0.25, 0.3) is 0 Å². The van der Waals surface area contributed by atoms with Gasteiger partial charge in [-0.05, 0) is 32.7 Å². The monoisotopic (exact) mass is 213 g/mol. The molecule has 0 saturated carbocycles. The van der Waals surface area contributed by atoms with Gasteiger partial charge in [0.05, 0.1) is 6.10 Å². The van der Waals surface area contributed by atoms with Gasteiger partial charge in [-0.25, -0.2) is 0 Å². The number of nitrogens with one attached hydrogen (secondary N) is 1. The number of methoxy groups -OCH3 is 1. The summed E-state index contributed by atoms with van der Waals surface area (Å²) in [4.78, 5) is 0. The van der Waals surface area contributed by atoms with Crippen LogP contribution in [-0.4, -0.2) is 25.8 Å². The molecule has 0 fully saturated rings. The van der Waals surface area contributed by atoms with Crippen LogP contribution >= 0.6 is 0 Å². The second-order valence-corrected chi connectivity index (χ2v) is 4.03. The van der Waals surface area contributed by atoms with Crippen molar-refractivity contribution in [2.24, 2.45) is 0 Å². The molecule has 2 atom stereocenters. The second-order valence-electron chi connectivity index (χ2n) is 4.03. The molecule has 0 radical (unpaired) electrons. The maximum atomic E-state index is 5.36. The Bertz CT molecular complexity index is 147. The van der Waals surface area contributed by atoms with Crippen molar-refractivity contribution in [2.75, 3.05) is 13.7 Å². The minimum absolute atomic E-state index is 0.310. The lowest BCUT2D eigenvalue weighted by molar-refractivity contribution is 0.0797. The summed E-state index contributed by atoms with van der Waals surface area (Å²) in [7, 11) is 1.78. The predicted molar refractivity (Wildman–Crippen MR) is 67.2 cm³/mol. The summed E-state index contributed by atoms with van der Waals surface area (Å²) in [6.45, 7) is 9.03. The quantitative estimate of drug-likeness (QED) is 0.444. The molecule has 0 aromatic rings. The Labute approximate surface area is 95.1 Å². The van der Waals surface area contributed by atoms with Crippen LogP contribution in [-0.2, 0) is 4.74 Å². The van der Waals surface area contributed by atoms with Gasteiger partial charge in [0.25, 0.3) is 0 Å². The molecule has 0 saturated heterocycles. The van der Waals surface area contributed by atoms with E-state index in [0.29, 0.717) is 12.1 Å². The van der Waals surface area contributed by atoms with E-state index in [9.17, 15) is 0 Å². The zero-order valence-corrected chi connectivity index (χ0v) is 10.6. The van der Waals surface area contributed by atoms with E-state index < -0.39 is 0 Å². The molecular formula is C13H27NO. The molecule has 0 aromatic carbocycles. The number of likely N-dealkylation sites (N-methyl/N-ethyl adjacent to an activating group) is 1. The highest BCUT2D eigenvalue weighted by molar-refractivity contribution is 4.73. The van der Waals surface area contributed by atoms with E-state index in [0.717, 1.165) is 13.0 Å². The Kier molecular flexibility index (Phi) is 9.96. The van der Waals surface area contributed by atoms with Gasteiger partial charge in [0, 0.05) is 13.2 Å². The van der Waals surface area contributed by atoms with Gasteiger partial charge in [-0.1, -0.05) is 25.8 Å². The van der Waals surface area contributed by atoms with E-state index in [1.54, 1.807) is 7.11 Å². The van der Waals surface area contributed by atoms with Gasteiger partial charge in [-0.15, -0.1) is 6.58 Å². The van der Waals surface area contributed by atoms with Gasteiger partial charge in [0.2, 0.25) is 0 Å². The highest BCUT2D eigenvalue weighted by atomic mass is 16.5. The Hall–Kier alpha value is -0.340. The molecule has 15 heavy (non-hydrogen) atoms. The third kappa shape index (κ3) is 7.57. The van der Waals surface area contributed by atoms with Crippen molar-refractivity contribution in [3.8, 4) is 0 Å². The minimum Gasteiger partial charge on any atom is -0.380 e. The molecule has 0 heterocycles. The van der Waals surface area contributed by atoms with Gasteiger partial charge >= 0.3 is 0 Å². The van der Waals surface area contributed by atoms with E-state index in [1.807, 2.05) is 6.08 Å². The average Bonchev–Trinajstić information content (AvgIpc) is 2.26. The van der Waals surface area contributed by atoms with E-state index in [4.69, 9.17) is 4.74 Å². The summed E-state index contributed by atoms with van der Waals surface area (Å²) < 4.78 is 5.36. The van der Waals surface area contributed by atoms with E-state index in [2.05, 4.69) is 25.7 Å². The molecule has 0 aliphatic carbocycles. The Morgan fingerprint density at radius 1 is 1.33 bits per heavy atom. The van der Waals surface area contributed by atoms with E-state index >= 15 is 0 Å². The fourth-order valence-corrected chi connectivity index (χ4v) is 1.76. The van der Waals surface area contributed by atoms with Crippen LogP contribution in [0, 0.1) is 0 Å². The summed E-state index contributed by atoms with van der Waals surface area (Å²) in [5.74, 6) is 0. The average molecular weight is 213 g/mol. The van der Waals surface area contributed by atoms with Crippen LogP contribution in [0.5, 0.6) is 0 Å². The zero-order valence-electron chi connectivity index (χ0n) is 10.6. The minimum atomic E-state index is 0.310. The van der Waals surface area contributed by atoms with Crippen LogP contribution in [0.2, 0.25) is 0 Å². The molecule has 2 unspecified atom stereocenters. The van der Waals surface area contributed by atoms with Crippen LogP contribution < -0.4 is 5.32 Å². The molecule has 0 aliphatic rings. The van der Waals surface area contributed by atoms with E-state index in [1.165, 1.54) is 25.7 Å². The third-order valence-electron chi connectivity index (χ3n) is 2.83. The fourth-order valence-electron chi connectivity index (χ4n) is 1.76. The van der Waals surface area contributed by atoms with Crippen LogP contribution in [0.3, 0.4) is 0 Å². The lowest BCUT2D eigenvalue weighted by Gasteiger charge is -2.23. The Balaban J connectivity index is 3.60. The highest BCUT2D eigenvalue weighted by Crippen LogP contribution is 2.10. The maximum Gasteiger partial charge on any atom is 0.0696 e. The molecule has 2 nitrogen and oxygen atoms in total. The number of hydrogen-bond donors (Lipinski definition) is 1. The van der Waals surface area contributed by atoms with Crippen LogP contribution in [0.1, 0.15) is 46.0 Å². The lowest BCUT2D eigenvalue weighted by atomic mass is 10.0. The molecule has 90 valence electrons.